The van der Waals surface area contributed by atoms with Gasteiger partial charge in [-0.3, -0.25) is 0 Å². The molecule has 0 amide bonds. The van der Waals surface area contributed by atoms with Crippen molar-refractivity contribution in [2.24, 2.45) is 0 Å². The van der Waals surface area contributed by atoms with Crippen molar-refractivity contribution in [2.75, 3.05) is 0 Å². The van der Waals surface area contributed by atoms with Crippen LogP contribution >= 0.6 is 18.6 Å². The van der Waals surface area contributed by atoms with Crippen LogP contribution in [-0.2, 0) is 6.16 Å². The summed E-state index contributed by atoms with van der Waals surface area (Å²) in [5.41, 5.74) is 2.23. The van der Waals surface area contributed by atoms with Crippen LogP contribution in [0.1, 0.15) is 5.82 Å². The standard InChI is InChI=1S/C8H10N2P2/c11-5-8-9-6-3-1-2-4-7(6)10(8)12/h1-4H,5,11-12H2. The van der Waals surface area contributed by atoms with Gasteiger partial charge in [0.25, 0.3) is 0 Å². The van der Waals surface area contributed by atoms with Gasteiger partial charge in [-0.1, -0.05) is 12.1 Å². The van der Waals surface area contributed by atoms with E-state index in [-0.39, 0.29) is 0 Å². The predicted molar refractivity (Wildman–Crippen MR) is 58.3 cm³/mol. The molecule has 2 unspecified atom stereocenters. The van der Waals surface area contributed by atoms with E-state index in [9.17, 15) is 0 Å². The van der Waals surface area contributed by atoms with Crippen molar-refractivity contribution in [3.8, 4) is 0 Å². The van der Waals surface area contributed by atoms with E-state index in [1.54, 1.807) is 0 Å². The zero-order valence-electron chi connectivity index (χ0n) is 6.57. The van der Waals surface area contributed by atoms with E-state index in [1.165, 1.54) is 5.52 Å². The lowest BCUT2D eigenvalue weighted by Gasteiger charge is -1.96. The summed E-state index contributed by atoms with van der Waals surface area (Å²) in [5.74, 6) is 1.08. The van der Waals surface area contributed by atoms with E-state index in [2.05, 4.69) is 29.7 Å². The van der Waals surface area contributed by atoms with Gasteiger partial charge < -0.3 is 4.34 Å². The molecule has 0 bridgehead atoms. The van der Waals surface area contributed by atoms with Crippen molar-refractivity contribution in [1.82, 2.24) is 9.32 Å². The molecule has 0 saturated carbocycles. The Kier molecular flexibility index (Phi) is 2.12. The summed E-state index contributed by atoms with van der Waals surface area (Å²) in [6.45, 7) is 0. The Hall–Kier alpha value is -0.450. The van der Waals surface area contributed by atoms with E-state index >= 15 is 0 Å². The Balaban J connectivity index is 2.78. The lowest BCUT2D eigenvalue weighted by atomic mass is 10.3. The average molecular weight is 196 g/mol. The molecule has 0 fully saturated rings. The Labute approximate surface area is 75.8 Å². The number of para-hydroxylation sites is 2. The fraction of sp³-hybridized carbons (Fsp3) is 0.125. The molecule has 2 rings (SSSR count). The Morgan fingerprint density at radius 3 is 2.75 bits per heavy atom. The molecule has 4 heteroatoms. The van der Waals surface area contributed by atoms with Crippen LogP contribution in [0.2, 0.25) is 0 Å². The van der Waals surface area contributed by atoms with Crippen LogP contribution in [0, 0.1) is 0 Å². The first kappa shape index (κ1) is 8.16. The molecule has 12 heavy (non-hydrogen) atoms. The number of aromatic nitrogens is 2. The first-order valence-electron chi connectivity index (χ1n) is 3.74. The van der Waals surface area contributed by atoms with E-state index in [1.807, 2.05) is 22.5 Å². The maximum absolute atomic E-state index is 4.45. The second kappa shape index (κ2) is 3.12. The molecule has 0 aliphatic carbocycles. The van der Waals surface area contributed by atoms with Crippen LogP contribution in [0.5, 0.6) is 0 Å². The molecule has 2 aromatic rings. The van der Waals surface area contributed by atoms with Crippen molar-refractivity contribution >= 4 is 29.7 Å². The molecule has 0 N–H and O–H groups in total. The molecule has 0 aliphatic rings. The summed E-state index contributed by atoms with van der Waals surface area (Å²) in [7, 11) is 5.35. The summed E-state index contributed by atoms with van der Waals surface area (Å²) in [6.07, 6.45) is 0.887. The SMILES string of the molecule is PCc1nc2ccccc2n1P. The normalized spacial score (nSPS) is 10.8. The number of imidazole rings is 1. The molecular weight excluding hydrogens is 186 g/mol. The minimum atomic E-state index is 0.887. The highest BCUT2D eigenvalue weighted by Gasteiger charge is 2.03. The third-order valence-corrected chi connectivity index (χ3v) is 2.79. The van der Waals surface area contributed by atoms with Crippen LogP contribution in [0.3, 0.4) is 0 Å². The zero-order valence-corrected chi connectivity index (χ0v) is 8.88. The number of rotatable bonds is 1. The Bertz CT molecular complexity index is 408. The van der Waals surface area contributed by atoms with Gasteiger partial charge in [0.15, 0.2) is 0 Å². The van der Waals surface area contributed by atoms with Crippen LogP contribution < -0.4 is 0 Å². The van der Waals surface area contributed by atoms with Crippen LogP contribution in [0.4, 0.5) is 0 Å². The van der Waals surface area contributed by atoms with Crippen molar-refractivity contribution in [3.63, 3.8) is 0 Å². The summed E-state index contributed by atoms with van der Waals surface area (Å²) in [4.78, 5) is 4.45. The smallest absolute Gasteiger partial charge is 0.116 e. The summed E-state index contributed by atoms with van der Waals surface area (Å²) in [5, 5.41) is 0. The first-order chi connectivity index (χ1) is 5.83. The summed E-state index contributed by atoms with van der Waals surface area (Å²) < 4.78 is 2.04. The third-order valence-electron chi connectivity index (χ3n) is 1.85. The highest BCUT2D eigenvalue weighted by atomic mass is 31.0. The molecule has 1 heterocycles. The van der Waals surface area contributed by atoms with Gasteiger partial charge in [-0.05, 0) is 21.5 Å². The lowest BCUT2D eigenvalue weighted by Crippen LogP contribution is -1.85. The molecule has 2 nitrogen and oxygen atoms in total. The van der Waals surface area contributed by atoms with Crippen LogP contribution in [-0.4, -0.2) is 9.32 Å². The molecule has 0 spiro atoms. The predicted octanol–water partition coefficient (Wildman–Crippen LogP) is 2.05. The second-order valence-electron chi connectivity index (χ2n) is 2.59. The molecule has 0 saturated heterocycles. The van der Waals surface area contributed by atoms with Gasteiger partial charge in [0.1, 0.15) is 5.82 Å². The van der Waals surface area contributed by atoms with Gasteiger partial charge in [0.05, 0.1) is 11.0 Å². The van der Waals surface area contributed by atoms with Gasteiger partial charge in [-0.2, -0.15) is 0 Å². The minimum Gasteiger partial charge on any atom is -0.312 e. The van der Waals surface area contributed by atoms with Gasteiger partial charge in [0, 0.05) is 6.16 Å². The van der Waals surface area contributed by atoms with Gasteiger partial charge in [0.2, 0.25) is 0 Å². The van der Waals surface area contributed by atoms with E-state index in [4.69, 9.17) is 0 Å². The van der Waals surface area contributed by atoms with E-state index < -0.39 is 0 Å². The second-order valence-corrected chi connectivity index (χ2v) is 3.52. The summed E-state index contributed by atoms with van der Waals surface area (Å²) in [6, 6.07) is 8.13. The monoisotopic (exact) mass is 196 g/mol. The topological polar surface area (TPSA) is 17.8 Å². The Morgan fingerprint density at radius 2 is 2.08 bits per heavy atom. The maximum Gasteiger partial charge on any atom is 0.116 e. The van der Waals surface area contributed by atoms with Crippen molar-refractivity contribution < 1.29 is 0 Å². The lowest BCUT2D eigenvalue weighted by molar-refractivity contribution is 1.09. The molecule has 0 radical (unpaired) electrons. The van der Waals surface area contributed by atoms with Crippen molar-refractivity contribution in [2.45, 2.75) is 6.16 Å². The zero-order chi connectivity index (χ0) is 8.55. The number of hydrogen-bond acceptors (Lipinski definition) is 1. The quantitative estimate of drug-likeness (QED) is 0.638. The van der Waals surface area contributed by atoms with E-state index in [0.29, 0.717) is 0 Å². The average Bonchev–Trinajstić information content (AvgIpc) is 2.44. The van der Waals surface area contributed by atoms with Gasteiger partial charge in [-0.25, -0.2) is 4.98 Å². The molecular formula is C8H10N2P2. The van der Waals surface area contributed by atoms with Gasteiger partial charge in [-0.15, -0.1) is 9.24 Å². The molecule has 0 aliphatic heterocycles. The molecule has 1 aromatic carbocycles. The van der Waals surface area contributed by atoms with Crippen LogP contribution in [0.25, 0.3) is 11.0 Å². The number of fused-ring (bicyclic) bond motifs is 1. The Morgan fingerprint density at radius 1 is 1.33 bits per heavy atom. The molecule has 1 aromatic heterocycles. The number of hydrogen-bond donors (Lipinski definition) is 0. The number of nitrogens with zero attached hydrogens (tertiary/aromatic N) is 2. The van der Waals surface area contributed by atoms with Crippen molar-refractivity contribution in [3.05, 3.63) is 30.1 Å². The highest BCUT2D eigenvalue weighted by molar-refractivity contribution is 7.16. The van der Waals surface area contributed by atoms with Crippen molar-refractivity contribution in [1.29, 1.82) is 0 Å². The summed E-state index contributed by atoms with van der Waals surface area (Å²) >= 11 is 0. The first-order valence-corrected chi connectivity index (χ1v) is 5.07. The van der Waals surface area contributed by atoms with E-state index in [0.717, 1.165) is 17.5 Å². The minimum absolute atomic E-state index is 0.887. The highest BCUT2D eigenvalue weighted by Crippen LogP contribution is 2.19. The molecule has 62 valence electrons. The number of benzene rings is 1. The van der Waals surface area contributed by atoms with Gasteiger partial charge >= 0.3 is 0 Å². The maximum atomic E-state index is 4.45. The van der Waals surface area contributed by atoms with Crippen LogP contribution in [0.15, 0.2) is 24.3 Å². The largest absolute Gasteiger partial charge is 0.312 e. The third kappa shape index (κ3) is 1.16. The fourth-order valence-corrected chi connectivity index (χ4v) is 2.12. The fourth-order valence-electron chi connectivity index (χ4n) is 1.24. The molecule has 2 atom stereocenters.